The highest BCUT2D eigenvalue weighted by Gasteiger charge is 2.24. The number of nitrogens with zero attached hydrogens (tertiary/aromatic N) is 2. The number of hydrogen-bond acceptors (Lipinski definition) is 3. The normalized spacial score (nSPS) is 13.3. The topological polar surface area (TPSA) is 65.5 Å². The minimum Gasteiger partial charge on any atom is -0.478 e. The lowest BCUT2D eigenvalue weighted by atomic mass is 10.0. The molecule has 0 amide bonds. The van der Waals surface area contributed by atoms with Crippen molar-refractivity contribution in [3.8, 4) is 0 Å². The van der Waals surface area contributed by atoms with E-state index in [4.69, 9.17) is 23.8 Å². The summed E-state index contributed by atoms with van der Waals surface area (Å²) in [5, 5.41) is 13.8. The molecule has 2 aromatic rings. The van der Waals surface area contributed by atoms with Crippen LogP contribution in [-0.4, -0.2) is 32.6 Å². The fourth-order valence-corrected chi connectivity index (χ4v) is 3.27. The molecule has 3 rings (SSSR count). The van der Waals surface area contributed by atoms with Gasteiger partial charge in [0.25, 0.3) is 0 Å². The highest BCUT2D eigenvalue weighted by atomic mass is 35.5. The molecule has 0 fully saturated rings. The summed E-state index contributed by atoms with van der Waals surface area (Å²) < 4.78 is 0. The molecular weight excluding hydrogens is 346 g/mol. The van der Waals surface area contributed by atoms with Gasteiger partial charge >= 0.3 is 5.97 Å². The Morgan fingerprint density at radius 3 is 2.92 bits per heavy atom. The summed E-state index contributed by atoms with van der Waals surface area (Å²) in [7, 11) is 0. The average Bonchev–Trinajstić information content (AvgIpc) is 2.56. The SMILES string of the molecule is Cc1cc(Cl)ccc1NC(=S)N1CCc2nccc(C(=O)O)c2C1. The minimum absolute atomic E-state index is 0.287. The van der Waals surface area contributed by atoms with Crippen LogP contribution >= 0.6 is 23.8 Å². The number of fused-ring (bicyclic) bond motifs is 1. The van der Waals surface area contributed by atoms with Crippen LogP contribution in [-0.2, 0) is 13.0 Å². The van der Waals surface area contributed by atoms with Crippen LogP contribution in [0.3, 0.4) is 0 Å². The average molecular weight is 362 g/mol. The van der Waals surface area contributed by atoms with Crippen molar-refractivity contribution in [1.82, 2.24) is 9.88 Å². The summed E-state index contributed by atoms with van der Waals surface area (Å²) in [6, 6.07) is 7.08. The van der Waals surface area contributed by atoms with E-state index in [9.17, 15) is 9.90 Å². The molecule has 0 radical (unpaired) electrons. The number of nitrogens with one attached hydrogen (secondary N) is 1. The molecule has 1 aromatic carbocycles. The molecule has 2 N–H and O–H groups in total. The first-order valence-corrected chi connectivity index (χ1v) is 8.26. The highest BCUT2D eigenvalue weighted by Crippen LogP contribution is 2.23. The molecule has 5 nitrogen and oxygen atoms in total. The number of halogens is 1. The number of pyridine rings is 1. The van der Waals surface area contributed by atoms with Gasteiger partial charge in [0.15, 0.2) is 5.11 Å². The number of aromatic carboxylic acids is 1. The van der Waals surface area contributed by atoms with Gasteiger partial charge in [0, 0.05) is 47.7 Å². The van der Waals surface area contributed by atoms with Gasteiger partial charge in [-0.2, -0.15) is 0 Å². The third kappa shape index (κ3) is 3.34. The monoisotopic (exact) mass is 361 g/mol. The van der Waals surface area contributed by atoms with E-state index in [1.807, 2.05) is 24.0 Å². The number of aromatic nitrogens is 1. The van der Waals surface area contributed by atoms with Gasteiger partial charge in [-0.05, 0) is 49.0 Å². The maximum absolute atomic E-state index is 11.4. The molecule has 0 spiro atoms. The second-order valence-corrected chi connectivity index (χ2v) is 6.47. The Kier molecular flexibility index (Phi) is 4.69. The fraction of sp³-hybridized carbons (Fsp3) is 0.235. The molecule has 7 heteroatoms. The molecule has 0 saturated carbocycles. The Labute approximate surface area is 150 Å². The Balaban J connectivity index is 1.80. The molecule has 0 aliphatic carbocycles. The van der Waals surface area contributed by atoms with Crippen molar-refractivity contribution in [3.63, 3.8) is 0 Å². The standard InChI is InChI=1S/C17H16ClN3O2S/c1-10-8-11(18)2-3-14(10)20-17(24)21-7-5-15-13(9-21)12(16(22)23)4-6-19-15/h2-4,6,8H,5,7,9H2,1H3,(H,20,24)(H,22,23). The van der Waals surface area contributed by atoms with Crippen molar-refractivity contribution in [2.45, 2.75) is 19.9 Å². The van der Waals surface area contributed by atoms with Crippen molar-refractivity contribution in [2.24, 2.45) is 0 Å². The summed E-state index contributed by atoms with van der Waals surface area (Å²) in [5.74, 6) is -0.942. The number of carboxylic acid groups (broad SMARTS) is 1. The number of aryl methyl sites for hydroxylation is 1. The lowest BCUT2D eigenvalue weighted by Crippen LogP contribution is -2.39. The van der Waals surface area contributed by atoms with Gasteiger partial charge in [-0.15, -0.1) is 0 Å². The van der Waals surface area contributed by atoms with Gasteiger partial charge in [-0.1, -0.05) is 11.6 Å². The number of rotatable bonds is 2. The third-order valence-electron chi connectivity index (χ3n) is 4.06. The number of benzene rings is 1. The highest BCUT2D eigenvalue weighted by molar-refractivity contribution is 7.80. The van der Waals surface area contributed by atoms with Crippen LogP contribution in [0.25, 0.3) is 0 Å². The molecule has 1 aliphatic heterocycles. The van der Waals surface area contributed by atoms with E-state index < -0.39 is 5.97 Å². The van der Waals surface area contributed by atoms with Gasteiger partial charge in [-0.25, -0.2) is 4.79 Å². The van der Waals surface area contributed by atoms with E-state index in [2.05, 4.69) is 10.3 Å². The van der Waals surface area contributed by atoms with E-state index >= 15 is 0 Å². The largest absolute Gasteiger partial charge is 0.478 e. The number of carboxylic acids is 1. The predicted molar refractivity (Wildman–Crippen MR) is 97.7 cm³/mol. The lowest BCUT2D eigenvalue weighted by Gasteiger charge is -2.31. The maximum Gasteiger partial charge on any atom is 0.336 e. The Hall–Kier alpha value is -2.18. The van der Waals surface area contributed by atoms with Crippen LogP contribution in [0.1, 0.15) is 27.2 Å². The summed E-state index contributed by atoms with van der Waals surface area (Å²) in [6.07, 6.45) is 2.21. The molecular formula is C17H16ClN3O2S. The quantitative estimate of drug-likeness (QED) is 0.798. The number of hydrogen-bond donors (Lipinski definition) is 2. The zero-order valence-corrected chi connectivity index (χ0v) is 14.6. The third-order valence-corrected chi connectivity index (χ3v) is 4.66. The molecule has 124 valence electrons. The zero-order chi connectivity index (χ0) is 17.3. The van der Waals surface area contributed by atoms with Crippen LogP contribution in [0, 0.1) is 6.92 Å². The van der Waals surface area contributed by atoms with Gasteiger partial charge in [-0.3, -0.25) is 4.98 Å². The van der Waals surface area contributed by atoms with Crippen molar-refractivity contribution in [3.05, 3.63) is 57.9 Å². The molecule has 0 unspecified atom stereocenters. The Bertz CT molecular complexity index is 825. The fourth-order valence-electron chi connectivity index (χ4n) is 2.77. The van der Waals surface area contributed by atoms with Crippen LogP contribution in [0.2, 0.25) is 5.02 Å². The molecule has 0 atom stereocenters. The first-order chi connectivity index (χ1) is 11.5. The van der Waals surface area contributed by atoms with Crippen molar-refractivity contribution >= 4 is 40.6 Å². The minimum atomic E-state index is -0.942. The Morgan fingerprint density at radius 2 is 2.21 bits per heavy atom. The van der Waals surface area contributed by atoms with Gasteiger partial charge in [0.1, 0.15) is 0 Å². The molecule has 1 aliphatic rings. The van der Waals surface area contributed by atoms with E-state index in [-0.39, 0.29) is 5.56 Å². The predicted octanol–water partition coefficient (Wildman–Crippen LogP) is 3.50. The van der Waals surface area contributed by atoms with E-state index in [1.165, 1.54) is 6.07 Å². The van der Waals surface area contributed by atoms with Crippen molar-refractivity contribution in [1.29, 1.82) is 0 Å². The van der Waals surface area contributed by atoms with Crippen LogP contribution in [0.15, 0.2) is 30.5 Å². The van der Waals surface area contributed by atoms with Gasteiger partial charge in [0.2, 0.25) is 0 Å². The smallest absolute Gasteiger partial charge is 0.336 e. The van der Waals surface area contributed by atoms with Crippen molar-refractivity contribution < 1.29 is 9.90 Å². The molecule has 0 saturated heterocycles. The zero-order valence-electron chi connectivity index (χ0n) is 13.0. The first-order valence-electron chi connectivity index (χ1n) is 7.48. The van der Waals surface area contributed by atoms with Crippen LogP contribution < -0.4 is 5.32 Å². The van der Waals surface area contributed by atoms with Gasteiger partial charge < -0.3 is 15.3 Å². The second kappa shape index (κ2) is 6.75. The summed E-state index contributed by atoms with van der Waals surface area (Å²) in [5.41, 5.74) is 3.73. The van der Waals surface area contributed by atoms with E-state index in [0.29, 0.717) is 29.6 Å². The number of anilines is 1. The van der Waals surface area contributed by atoms with E-state index in [0.717, 1.165) is 22.5 Å². The summed E-state index contributed by atoms with van der Waals surface area (Å²) in [6.45, 7) is 3.08. The van der Waals surface area contributed by atoms with Crippen molar-refractivity contribution in [2.75, 3.05) is 11.9 Å². The molecule has 2 heterocycles. The summed E-state index contributed by atoms with van der Waals surface area (Å²) in [4.78, 5) is 17.7. The lowest BCUT2D eigenvalue weighted by molar-refractivity contribution is 0.0694. The second-order valence-electron chi connectivity index (χ2n) is 5.65. The molecule has 24 heavy (non-hydrogen) atoms. The molecule has 0 bridgehead atoms. The molecule has 1 aromatic heterocycles. The number of thiocarbonyl (C=S) groups is 1. The van der Waals surface area contributed by atoms with E-state index in [1.54, 1.807) is 12.3 Å². The van der Waals surface area contributed by atoms with Crippen LogP contribution in [0.5, 0.6) is 0 Å². The first kappa shape index (κ1) is 16.7. The number of carbonyl (C=O) groups is 1. The van der Waals surface area contributed by atoms with Gasteiger partial charge in [0.05, 0.1) is 5.56 Å². The Morgan fingerprint density at radius 1 is 1.42 bits per heavy atom. The van der Waals surface area contributed by atoms with Crippen LogP contribution in [0.4, 0.5) is 5.69 Å². The summed E-state index contributed by atoms with van der Waals surface area (Å²) >= 11 is 11.5. The maximum atomic E-state index is 11.4.